The molecule has 0 aliphatic heterocycles. The van der Waals surface area contributed by atoms with Crippen molar-refractivity contribution in [2.24, 2.45) is 0 Å². The standard InChI is InChI=1S/C25H20BrFN2O3/c1-16-3-9-21(10-4-16)29-25(30)19(14-28)11-18-12-23(31-2)24(13-22(18)26)32-15-17-5-7-20(27)8-6-17/h3-13H,15H2,1-2H3,(H,29,30)/b19-11+. The third kappa shape index (κ3) is 5.96. The molecule has 0 unspecified atom stereocenters. The minimum absolute atomic E-state index is 0.0618. The van der Waals surface area contributed by atoms with Gasteiger partial charge in [0.2, 0.25) is 0 Å². The highest BCUT2D eigenvalue weighted by Gasteiger charge is 2.14. The van der Waals surface area contributed by atoms with Crippen molar-refractivity contribution in [1.82, 2.24) is 0 Å². The number of carbonyl (C=O) groups excluding carboxylic acids is 1. The van der Waals surface area contributed by atoms with E-state index in [1.54, 1.807) is 36.4 Å². The zero-order valence-corrected chi connectivity index (χ0v) is 19.1. The number of amides is 1. The van der Waals surface area contributed by atoms with E-state index >= 15 is 0 Å². The maximum absolute atomic E-state index is 13.1. The minimum atomic E-state index is -0.515. The first-order valence-corrected chi connectivity index (χ1v) is 10.4. The van der Waals surface area contributed by atoms with Gasteiger partial charge in [0, 0.05) is 10.2 Å². The van der Waals surface area contributed by atoms with Crippen LogP contribution in [0.5, 0.6) is 11.5 Å². The number of ether oxygens (including phenoxy) is 2. The van der Waals surface area contributed by atoms with Crippen LogP contribution in [-0.2, 0) is 11.4 Å². The van der Waals surface area contributed by atoms with Crippen LogP contribution in [0.4, 0.5) is 10.1 Å². The van der Waals surface area contributed by atoms with Crippen molar-refractivity contribution in [2.75, 3.05) is 12.4 Å². The Morgan fingerprint density at radius 1 is 1.12 bits per heavy atom. The van der Waals surface area contributed by atoms with Gasteiger partial charge in [-0.15, -0.1) is 0 Å². The monoisotopic (exact) mass is 494 g/mol. The molecule has 0 spiro atoms. The van der Waals surface area contributed by atoms with Gasteiger partial charge >= 0.3 is 0 Å². The van der Waals surface area contributed by atoms with Gasteiger partial charge < -0.3 is 14.8 Å². The molecule has 0 saturated carbocycles. The number of anilines is 1. The van der Waals surface area contributed by atoms with Gasteiger partial charge in [-0.2, -0.15) is 5.26 Å². The first-order valence-electron chi connectivity index (χ1n) is 9.64. The molecule has 0 heterocycles. The highest BCUT2D eigenvalue weighted by atomic mass is 79.9. The lowest BCUT2D eigenvalue weighted by molar-refractivity contribution is -0.112. The number of hydrogen-bond acceptors (Lipinski definition) is 4. The van der Waals surface area contributed by atoms with Crippen molar-refractivity contribution in [3.63, 3.8) is 0 Å². The average molecular weight is 495 g/mol. The highest BCUT2D eigenvalue weighted by molar-refractivity contribution is 9.10. The molecule has 7 heteroatoms. The third-order valence-corrected chi connectivity index (χ3v) is 5.25. The second-order valence-electron chi connectivity index (χ2n) is 6.93. The lowest BCUT2D eigenvalue weighted by atomic mass is 10.1. The molecule has 5 nitrogen and oxygen atoms in total. The highest BCUT2D eigenvalue weighted by Crippen LogP contribution is 2.35. The van der Waals surface area contributed by atoms with Crippen molar-refractivity contribution < 1.29 is 18.7 Å². The van der Waals surface area contributed by atoms with Gasteiger partial charge in [0.05, 0.1) is 7.11 Å². The SMILES string of the molecule is COc1cc(/C=C(\C#N)C(=O)Nc2ccc(C)cc2)c(Br)cc1OCc1ccc(F)cc1. The molecule has 0 aliphatic carbocycles. The lowest BCUT2D eigenvalue weighted by Crippen LogP contribution is -2.13. The molecule has 0 saturated heterocycles. The quantitative estimate of drug-likeness (QED) is 0.321. The molecule has 1 amide bonds. The molecule has 0 aliphatic rings. The van der Waals surface area contributed by atoms with Crippen LogP contribution >= 0.6 is 15.9 Å². The van der Waals surface area contributed by atoms with Crippen LogP contribution < -0.4 is 14.8 Å². The molecule has 0 atom stereocenters. The number of hydrogen-bond donors (Lipinski definition) is 1. The second kappa shape index (κ2) is 10.6. The summed E-state index contributed by atoms with van der Waals surface area (Å²) in [6, 6.07) is 18.6. The number of methoxy groups -OCH3 is 1. The van der Waals surface area contributed by atoms with Crippen LogP contribution in [0.1, 0.15) is 16.7 Å². The zero-order valence-electron chi connectivity index (χ0n) is 17.5. The van der Waals surface area contributed by atoms with E-state index in [-0.39, 0.29) is 18.0 Å². The van der Waals surface area contributed by atoms with E-state index in [1.165, 1.54) is 25.3 Å². The maximum atomic E-state index is 13.1. The smallest absolute Gasteiger partial charge is 0.266 e. The summed E-state index contributed by atoms with van der Waals surface area (Å²) in [6.07, 6.45) is 1.47. The van der Waals surface area contributed by atoms with Gasteiger partial charge in [-0.25, -0.2) is 4.39 Å². The van der Waals surface area contributed by atoms with E-state index in [0.717, 1.165) is 11.1 Å². The Kier molecular flexibility index (Phi) is 7.63. The molecular formula is C25H20BrFN2O3. The Morgan fingerprint density at radius 2 is 1.81 bits per heavy atom. The van der Waals surface area contributed by atoms with Crippen molar-refractivity contribution in [1.29, 1.82) is 5.26 Å². The van der Waals surface area contributed by atoms with Gasteiger partial charge in [0.1, 0.15) is 24.1 Å². The summed E-state index contributed by atoms with van der Waals surface area (Å²) < 4.78 is 24.9. The van der Waals surface area contributed by atoms with Gasteiger partial charge in [0.25, 0.3) is 5.91 Å². The molecule has 3 aromatic rings. The van der Waals surface area contributed by atoms with Gasteiger partial charge in [0.15, 0.2) is 11.5 Å². The van der Waals surface area contributed by atoms with Crippen molar-refractivity contribution in [3.05, 3.63) is 93.2 Å². The molecule has 0 radical (unpaired) electrons. The van der Waals surface area contributed by atoms with Gasteiger partial charge in [-0.3, -0.25) is 4.79 Å². The van der Waals surface area contributed by atoms with E-state index in [0.29, 0.717) is 27.2 Å². The fourth-order valence-electron chi connectivity index (χ4n) is 2.81. The minimum Gasteiger partial charge on any atom is -0.493 e. The van der Waals surface area contributed by atoms with E-state index in [9.17, 15) is 14.4 Å². The number of rotatable bonds is 7. The Balaban J connectivity index is 1.80. The van der Waals surface area contributed by atoms with Gasteiger partial charge in [-0.1, -0.05) is 45.8 Å². The van der Waals surface area contributed by atoms with Crippen molar-refractivity contribution in [3.8, 4) is 17.6 Å². The molecular weight excluding hydrogens is 475 g/mol. The largest absolute Gasteiger partial charge is 0.493 e. The summed E-state index contributed by atoms with van der Waals surface area (Å²) in [5.74, 6) is 0.0602. The molecule has 162 valence electrons. The molecule has 3 rings (SSSR count). The number of benzene rings is 3. The van der Waals surface area contributed by atoms with E-state index < -0.39 is 5.91 Å². The van der Waals surface area contributed by atoms with E-state index in [4.69, 9.17) is 9.47 Å². The van der Waals surface area contributed by atoms with Crippen LogP contribution in [0.15, 0.2) is 70.7 Å². The first kappa shape index (κ1) is 23.0. The summed E-state index contributed by atoms with van der Waals surface area (Å²) in [7, 11) is 1.50. The summed E-state index contributed by atoms with van der Waals surface area (Å²) in [5, 5.41) is 12.2. The van der Waals surface area contributed by atoms with Crippen LogP contribution in [0.3, 0.4) is 0 Å². The lowest BCUT2D eigenvalue weighted by Gasteiger charge is -2.13. The Labute approximate surface area is 194 Å². The summed E-state index contributed by atoms with van der Waals surface area (Å²) in [5.41, 5.74) is 2.98. The molecule has 0 aromatic heterocycles. The predicted molar refractivity (Wildman–Crippen MR) is 125 cm³/mol. The molecule has 0 bridgehead atoms. The summed E-state index contributed by atoms with van der Waals surface area (Å²) >= 11 is 3.46. The second-order valence-corrected chi connectivity index (χ2v) is 7.78. The number of carbonyl (C=O) groups is 1. The molecule has 1 N–H and O–H groups in total. The topological polar surface area (TPSA) is 71.3 Å². The number of nitriles is 1. The summed E-state index contributed by atoms with van der Waals surface area (Å²) in [6.45, 7) is 2.17. The average Bonchev–Trinajstić information content (AvgIpc) is 2.79. The number of nitrogens with one attached hydrogen (secondary N) is 1. The molecule has 0 fully saturated rings. The zero-order chi connectivity index (χ0) is 23.1. The fraction of sp³-hybridized carbons (Fsp3) is 0.120. The van der Waals surface area contributed by atoms with Crippen molar-refractivity contribution >= 4 is 33.6 Å². The Morgan fingerprint density at radius 3 is 2.44 bits per heavy atom. The van der Waals surface area contributed by atoms with Gasteiger partial charge in [-0.05, 0) is 60.5 Å². The van der Waals surface area contributed by atoms with Crippen LogP contribution in [0, 0.1) is 24.1 Å². The Hall–Kier alpha value is -3.63. The van der Waals surface area contributed by atoms with E-state index in [1.807, 2.05) is 25.1 Å². The third-order valence-electron chi connectivity index (χ3n) is 4.56. The molecule has 32 heavy (non-hydrogen) atoms. The Bertz CT molecular complexity index is 1180. The normalized spacial score (nSPS) is 10.9. The van der Waals surface area contributed by atoms with Crippen molar-refractivity contribution in [2.45, 2.75) is 13.5 Å². The number of aryl methyl sites for hydroxylation is 1. The van der Waals surface area contributed by atoms with Crippen LogP contribution in [0.2, 0.25) is 0 Å². The number of nitrogens with zero attached hydrogens (tertiary/aromatic N) is 1. The fourth-order valence-corrected chi connectivity index (χ4v) is 3.25. The molecule has 3 aromatic carbocycles. The first-order chi connectivity index (χ1) is 15.4. The van der Waals surface area contributed by atoms with E-state index in [2.05, 4.69) is 21.2 Å². The number of halogens is 2. The summed E-state index contributed by atoms with van der Waals surface area (Å²) in [4.78, 5) is 12.5. The van der Waals surface area contributed by atoms with Crippen LogP contribution in [0.25, 0.3) is 6.08 Å². The maximum Gasteiger partial charge on any atom is 0.266 e. The predicted octanol–water partition coefficient (Wildman–Crippen LogP) is 6.03. The van der Waals surface area contributed by atoms with Crippen LogP contribution in [-0.4, -0.2) is 13.0 Å².